The zero-order chi connectivity index (χ0) is 12.8. The lowest BCUT2D eigenvalue weighted by molar-refractivity contribution is -0.138. The highest BCUT2D eigenvalue weighted by Gasteiger charge is 2.13. The number of hydrogen-bond acceptors (Lipinski definition) is 3. The number of carbonyl (C=O) groups excluding carboxylic acids is 1. The molecule has 2 N–H and O–H groups in total. The second kappa shape index (κ2) is 6.03. The molecule has 0 spiro atoms. The standard InChI is InChI=1S/C11H17N3O3/c1-3-14-9(6-7-12-14)8(2)13-10(15)4-5-11(16)17/h6-8H,3-5H2,1-2H3,(H,13,15)(H,16,17)/t8-/m1/s1. The number of rotatable bonds is 6. The largest absolute Gasteiger partial charge is 0.481 e. The van der Waals surface area contributed by atoms with Crippen LogP contribution in [-0.4, -0.2) is 26.8 Å². The van der Waals surface area contributed by atoms with E-state index in [0.717, 1.165) is 12.2 Å². The van der Waals surface area contributed by atoms with Gasteiger partial charge >= 0.3 is 5.97 Å². The third kappa shape index (κ3) is 3.90. The number of hydrogen-bond donors (Lipinski definition) is 2. The molecule has 0 fully saturated rings. The van der Waals surface area contributed by atoms with E-state index >= 15 is 0 Å². The molecular weight excluding hydrogens is 222 g/mol. The summed E-state index contributed by atoms with van der Waals surface area (Å²) < 4.78 is 1.79. The number of amides is 1. The molecule has 1 rings (SSSR count). The second-order valence-electron chi connectivity index (χ2n) is 3.75. The molecular formula is C11H17N3O3. The third-order valence-corrected chi connectivity index (χ3v) is 2.44. The normalized spacial score (nSPS) is 12.1. The number of carbonyl (C=O) groups is 2. The predicted molar refractivity (Wildman–Crippen MR) is 61.3 cm³/mol. The van der Waals surface area contributed by atoms with Crippen LogP contribution in [0.5, 0.6) is 0 Å². The molecule has 1 amide bonds. The summed E-state index contributed by atoms with van der Waals surface area (Å²) >= 11 is 0. The van der Waals surface area contributed by atoms with Gasteiger partial charge in [-0.3, -0.25) is 14.3 Å². The quantitative estimate of drug-likeness (QED) is 0.774. The van der Waals surface area contributed by atoms with Gasteiger partial charge in [0, 0.05) is 19.2 Å². The number of aromatic nitrogens is 2. The summed E-state index contributed by atoms with van der Waals surface area (Å²) in [6.45, 7) is 4.55. The highest BCUT2D eigenvalue weighted by atomic mass is 16.4. The van der Waals surface area contributed by atoms with Crippen molar-refractivity contribution >= 4 is 11.9 Å². The summed E-state index contributed by atoms with van der Waals surface area (Å²) in [5.74, 6) is -1.23. The highest BCUT2D eigenvalue weighted by molar-refractivity contribution is 5.80. The molecule has 17 heavy (non-hydrogen) atoms. The predicted octanol–water partition coefficient (Wildman–Crippen LogP) is 0.945. The first-order valence-corrected chi connectivity index (χ1v) is 5.57. The number of aryl methyl sites for hydroxylation is 1. The van der Waals surface area contributed by atoms with Crippen LogP contribution >= 0.6 is 0 Å². The van der Waals surface area contributed by atoms with Crippen LogP contribution in [0.15, 0.2) is 12.3 Å². The van der Waals surface area contributed by atoms with Crippen molar-refractivity contribution in [3.63, 3.8) is 0 Å². The van der Waals surface area contributed by atoms with Gasteiger partial charge in [-0.2, -0.15) is 5.10 Å². The molecule has 0 saturated carbocycles. The van der Waals surface area contributed by atoms with Gasteiger partial charge in [0.25, 0.3) is 0 Å². The first-order valence-electron chi connectivity index (χ1n) is 5.57. The van der Waals surface area contributed by atoms with Gasteiger partial charge in [-0.15, -0.1) is 0 Å². The lowest BCUT2D eigenvalue weighted by Gasteiger charge is -2.14. The van der Waals surface area contributed by atoms with Crippen LogP contribution in [-0.2, 0) is 16.1 Å². The minimum Gasteiger partial charge on any atom is -0.481 e. The Morgan fingerprint density at radius 1 is 1.53 bits per heavy atom. The fourth-order valence-electron chi connectivity index (χ4n) is 1.58. The molecule has 1 aromatic rings. The van der Waals surface area contributed by atoms with Gasteiger partial charge in [-0.05, 0) is 19.9 Å². The molecule has 6 heteroatoms. The first kappa shape index (κ1) is 13.2. The number of aliphatic carboxylic acids is 1. The lowest BCUT2D eigenvalue weighted by atomic mass is 10.2. The van der Waals surface area contributed by atoms with Crippen LogP contribution in [0.2, 0.25) is 0 Å². The molecule has 0 aliphatic rings. The van der Waals surface area contributed by atoms with E-state index in [0.29, 0.717) is 0 Å². The molecule has 0 aliphatic heterocycles. The fourth-order valence-corrected chi connectivity index (χ4v) is 1.58. The summed E-state index contributed by atoms with van der Waals surface area (Å²) in [4.78, 5) is 21.8. The summed E-state index contributed by atoms with van der Waals surface area (Å²) in [5, 5.41) is 15.3. The maximum absolute atomic E-state index is 11.4. The Morgan fingerprint density at radius 2 is 2.24 bits per heavy atom. The Bertz CT molecular complexity index is 400. The highest BCUT2D eigenvalue weighted by Crippen LogP contribution is 2.11. The number of nitrogens with zero attached hydrogens (tertiary/aromatic N) is 2. The van der Waals surface area contributed by atoms with Gasteiger partial charge in [-0.25, -0.2) is 0 Å². The van der Waals surface area contributed by atoms with Crippen LogP contribution in [0.4, 0.5) is 0 Å². The number of carboxylic acid groups (broad SMARTS) is 1. The minimum absolute atomic E-state index is 0.0000640. The van der Waals surface area contributed by atoms with Gasteiger partial charge in [0.15, 0.2) is 0 Å². The van der Waals surface area contributed by atoms with E-state index in [2.05, 4.69) is 10.4 Å². The SMILES string of the molecule is CCn1nccc1[C@@H](C)NC(=O)CCC(=O)O. The summed E-state index contributed by atoms with van der Waals surface area (Å²) in [6.07, 6.45) is 1.53. The van der Waals surface area contributed by atoms with Gasteiger partial charge in [-0.1, -0.05) is 0 Å². The molecule has 0 radical (unpaired) electrons. The zero-order valence-corrected chi connectivity index (χ0v) is 10.0. The topological polar surface area (TPSA) is 84.2 Å². The van der Waals surface area contributed by atoms with Crippen molar-refractivity contribution in [2.75, 3.05) is 0 Å². The monoisotopic (exact) mass is 239 g/mol. The van der Waals surface area contributed by atoms with E-state index in [4.69, 9.17) is 5.11 Å². The van der Waals surface area contributed by atoms with Crippen LogP contribution in [0.3, 0.4) is 0 Å². The van der Waals surface area contributed by atoms with E-state index < -0.39 is 5.97 Å². The average molecular weight is 239 g/mol. The third-order valence-electron chi connectivity index (χ3n) is 2.44. The molecule has 0 aliphatic carbocycles. The van der Waals surface area contributed by atoms with E-state index in [1.807, 2.05) is 19.9 Å². The average Bonchev–Trinajstić information content (AvgIpc) is 2.74. The van der Waals surface area contributed by atoms with Crippen LogP contribution in [0.25, 0.3) is 0 Å². The van der Waals surface area contributed by atoms with Crippen molar-refractivity contribution in [2.45, 2.75) is 39.3 Å². The lowest BCUT2D eigenvalue weighted by Crippen LogP contribution is -2.28. The zero-order valence-electron chi connectivity index (χ0n) is 10.0. The molecule has 0 bridgehead atoms. The molecule has 94 valence electrons. The maximum atomic E-state index is 11.4. The van der Waals surface area contributed by atoms with E-state index in [1.165, 1.54) is 0 Å². The van der Waals surface area contributed by atoms with Crippen molar-refractivity contribution in [1.82, 2.24) is 15.1 Å². The van der Waals surface area contributed by atoms with Crippen LogP contribution in [0.1, 0.15) is 38.4 Å². The number of nitrogens with one attached hydrogen (secondary N) is 1. The Morgan fingerprint density at radius 3 is 2.82 bits per heavy atom. The summed E-state index contributed by atoms with van der Waals surface area (Å²) in [7, 11) is 0. The van der Waals surface area contributed by atoms with Crippen molar-refractivity contribution in [2.24, 2.45) is 0 Å². The van der Waals surface area contributed by atoms with E-state index in [1.54, 1.807) is 10.9 Å². The molecule has 0 saturated heterocycles. The number of carboxylic acids is 1. The van der Waals surface area contributed by atoms with Gasteiger partial charge < -0.3 is 10.4 Å². The smallest absolute Gasteiger partial charge is 0.303 e. The minimum atomic E-state index is -0.966. The molecule has 0 aromatic carbocycles. The molecule has 6 nitrogen and oxygen atoms in total. The Labute approximate surface area is 99.6 Å². The van der Waals surface area contributed by atoms with Crippen molar-refractivity contribution < 1.29 is 14.7 Å². The Balaban J connectivity index is 2.51. The molecule has 0 unspecified atom stereocenters. The second-order valence-corrected chi connectivity index (χ2v) is 3.75. The van der Waals surface area contributed by atoms with Gasteiger partial charge in [0.1, 0.15) is 0 Å². The molecule has 1 atom stereocenters. The molecule has 1 heterocycles. The van der Waals surface area contributed by atoms with Crippen LogP contribution in [0, 0.1) is 0 Å². The van der Waals surface area contributed by atoms with Crippen molar-refractivity contribution in [3.8, 4) is 0 Å². The Hall–Kier alpha value is -1.85. The first-order chi connectivity index (χ1) is 8.04. The van der Waals surface area contributed by atoms with Crippen molar-refractivity contribution in [3.05, 3.63) is 18.0 Å². The summed E-state index contributed by atoms with van der Waals surface area (Å²) in [6, 6.07) is 1.67. The summed E-state index contributed by atoms with van der Waals surface area (Å²) in [5.41, 5.74) is 0.913. The fraction of sp³-hybridized carbons (Fsp3) is 0.545. The molecule has 1 aromatic heterocycles. The van der Waals surface area contributed by atoms with E-state index in [9.17, 15) is 9.59 Å². The van der Waals surface area contributed by atoms with Crippen molar-refractivity contribution in [1.29, 1.82) is 0 Å². The Kier molecular flexibility index (Phi) is 4.68. The maximum Gasteiger partial charge on any atom is 0.303 e. The van der Waals surface area contributed by atoms with Crippen LogP contribution < -0.4 is 5.32 Å². The van der Waals surface area contributed by atoms with Gasteiger partial charge in [0.2, 0.25) is 5.91 Å². The van der Waals surface area contributed by atoms with Gasteiger partial charge in [0.05, 0.1) is 18.2 Å². The van der Waals surface area contributed by atoms with E-state index in [-0.39, 0.29) is 24.8 Å².